The zero-order valence-corrected chi connectivity index (χ0v) is 10.9. The highest BCUT2D eigenvalue weighted by atomic mass is 16.2. The molecule has 0 radical (unpaired) electrons. The molecule has 0 aliphatic heterocycles. The van der Waals surface area contributed by atoms with E-state index in [1.165, 1.54) is 0 Å². The molecular formula is C14H15N3O2. The molecule has 5 nitrogen and oxygen atoms in total. The number of amides is 2. The fraction of sp³-hybridized carbons (Fsp3) is 0.357. The molecule has 98 valence electrons. The van der Waals surface area contributed by atoms with E-state index in [1.807, 2.05) is 24.3 Å². The van der Waals surface area contributed by atoms with Crippen LogP contribution in [0, 0.1) is 19.8 Å². The number of imide groups is 1. The van der Waals surface area contributed by atoms with Gasteiger partial charge in [0.05, 0.1) is 5.56 Å². The first kappa shape index (κ1) is 11.9. The van der Waals surface area contributed by atoms with Crippen LogP contribution in [0.2, 0.25) is 0 Å². The summed E-state index contributed by atoms with van der Waals surface area (Å²) < 4.78 is 1.85. The molecule has 3 rings (SSSR count). The number of fused-ring (bicyclic) bond motifs is 1. The summed E-state index contributed by atoms with van der Waals surface area (Å²) in [5.74, 6) is -0.514. The van der Waals surface area contributed by atoms with Crippen LogP contribution in [-0.4, -0.2) is 21.2 Å². The van der Waals surface area contributed by atoms with Crippen LogP contribution in [0.4, 0.5) is 0 Å². The Morgan fingerprint density at radius 1 is 1.37 bits per heavy atom. The summed E-state index contributed by atoms with van der Waals surface area (Å²) in [6.07, 6.45) is 3.56. The maximum absolute atomic E-state index is 12.1. The largest absolute Gasteiger partial charge is 0.305 e. The predicted molar refractivity (Wildman–Crippen MR) is 69.9 cm³/mol. The smallest absolute Gasteiger partial charge is 0.261 e. The van der Waals surface area contributed by atoms with E-state index < -0.39 is 0 Å². The number of aromatic nitrogens is 2. The topological polar surface area (TPSA) is 63.5 Å². The van der Waals surface area contributed by atoms with E-state index in [0.29, 0.717) is 11.2 Å². The molecule has 2 aromatic heterocycles. The van der Waals surface area contributed by atoms with Crippen molar-refractivity contribution in [1.82, 2.24) is 14.7 Å². The average molecular weight is 257 g/mol. The van der Waals surface area contributed by atoms with E-state index in [2.05, 4.69) is 10.3 Å². The van der Waals surface area contributed by atoms with Crippen molar-refractivity contribution < 1.29 is 9.59 Å². The van der Waals surface area contributed by atoms with Crippen molar-refractivity contribution >= 4 is 17.5 Å². The van der Waals surface area contributed by atoms with Gasteiger partial charge in [0.15, 0.2) is 0 Å². The summed E-state index contributed by atoms with van der Waals surface area (Å²) in [6, 6.07) is 3.65. The van der Waals surface area contributed by atoms with E-state index in [-0.39, 0.29) is 17.7 Å². The van der Waals surface area contributed by atoms with Crippen molar-refractivity contribution in [3.05, 3.63) is 35.3 Å². The first-order valence-corrected chi connectivity index (χ1v) is 6.37. The predicted octanol–water partition coefficient (Wildman–Crippen LogP) is 1.62. The summed E-state index contributed by atoms with van der Waals surface area (Å²) in [7, 11) is 0. The second-order valence-electron chi connectivity index (χ2n) is 5.05. The van der Waals surface area contributed by atoms with Crippen LogP contribution in [0.3, 0.4) is 0 Å². The molecule has 5 heteroatoms. The highest BCUT2D eigenvalue weighted by Crippen LogP contribution is 2.28. The first-order chi connectivity index (χ1) is 9.06. The molecule has 1 N–H and O–H groups in total. The molecule has 2 heterocycles. The van der Waals surface area contributed by atoms with E-state index in [4.69, 9.17) is 0 Å². The highest BCUT2D eigenvalue weighted by molar-refractivity contribution is 6.09. The quantitative estimate of drug-likeness (QED) is 0.831. The Hall–Kier alpha value is -2.17. The van der Waals surface area contributed by atoms with E-state index in [0.717, 1.165) is 24.2 Å². The van der Waals surface area contributed by atoms with Crippen LogP contribution >= 0.6 is 0 Å². The summed E-state index contributed by atoms with van der Waals surface area (Å²) in [5.41, 5.74) is 2.90. The summed E-state index contributed by atoms with van der Waals surface area (Å²) in [4.78, 5) is 28.1. The molecule has 0 aromatic carbocycles. The van der Waals surface area contributed by atoms with Crippen LogP contribution in [0.15, 0.2) is 18.3 Å². The van der Waals surface area contributed by atoms with Gasteiger partial charge in [-0.2, -0.15) is 0 Å². The third-order valence-corrected chi connectivity index (χ3v) is 3.37. The summed E-state index contributed by atoms with van der Waals surface area (Å²) in [6.45, 7) is 3.84. The number of carbonyl (C=O) groups is 2. The Labute approximate surface area is 110 Å². The van der Waals surface area contributed by atoms with Crippen molar-refractivity contribution in [1.29, 1.82) is 0 Å². The number of rotatable bonds is 2. The Bertz CT molecular complexity index is 683. The zero-order chi connectivity index (χ0) is 13.6. The monoisotopic (exact) mass is 257 g/mol. The third kappa shape index (κ3) is 2.12. The lowest BCUT2D eigenvalue weighted by atomic mass is 10.2. The van der Waals surface area contributed by atoms with E-state index in [9.17, 15) is 9.59 Å². The number of nitrogens with one attached hydrogen (secondary N) is 1. The minimum Gasteiger partial charge on any atom is -0.305 e. The Morgan fingerprint density at radius 3 is 2.79 bits per heavy atom. The molecule has 1 aliphatic carbocycles. The van der Waals surface area contributed by atoms with Gasteiger partial charge in [0, 0.05) is 23.5 Å². The van der Waals surface area contributed by atoms with Gasteiger partial charge in [-0.05, 0) is 38.8 Å². The molecule has 2 amide bonds. The van der Waals surface area contributed by atoms with Crippen LogP contribution in [0.1, 0.15) is 34.6 Å². The number of hydrogen-bond acceptors (Lipinski definition) is 3. The van der Waals surface area contributed by atoms with Gasteiger partial charge in [-0.1, -0.05) is 0 Å². The Balaban J connectivity index is 1.95. The number of carbonyl (C=O) groups excluding carboxylic acids is 2. The summed E-state index contributed by atoms with van der Waals surface area (Å²) >= 11 is 0. The highest BCUT2D eigenvalue weighted by Gasteiger charge is 2.31. The summed E-state index contributed by atoms with van der Waals surface area (Å²) in [5, 5.41) is 2.44. The van der Waals surface area contributed by atoms with Gasteiger partial charge in [-0.3, -0.25) is 14.9 Å². The minimum absolute atomic E-state index is 0.0225. The van der Waals surface area contributed by atoms with Crippen LogP contribution < -0.4 is 5.32 Å². The van der Waals surface area contributed by atoms with Gasteiger partial charge >= 0.3 is 0 Å². The molecule has 0 bridgehead atoms. The molecule has 0 spiro atoms. The lowest BCUT2D eigenvalue weighted by molar-refractivity contribution is -0.121. The van der Waals surface area contributed by atoms with Crippen LogP contribution in [0.25, 0.3) is 5.65 Å². The molecule has 2 aromatic rings. The van der Waals surface area contributed by atoms with Crippen molar-refractivity contribution in [3.63, 3.8) is 0 Å². The average Bonchev–Trinajstić information content (AvgIpc) is 3.09. The second kappa shape index (κ2) is 4.19. The van der Waals surface area contributed by atoms with E-state index in [1.54, 1.807) is 12.3 Å². The van der Waals surface area contributed by atoms with Crippen LogP contribution in [-0.2, 0) is 4.79 Å². The van der Waals surface area contributed by atoms with Crippen molar-refractivity contribution in [2.24, 2.45) is 5.92 Å². The molecule has 1 saturated carbocycles. The van der Waals surface area contributed by atoms with Crippen molar-refractivity contribution in [3.8, 4) is 0 Å². The molecule has 0 unspecified atom stereocenters. The Morgan fingerprint density at radius 2 is 2.11 bits per heavy atom. The maximum atomic E-state index is 12.1. The van der Waals surface area contributed by atoms with Crippen molar-refractivity contribution in [2.45, 2.75) is 26.7 Å². The van der Waals surface area contributed by atoms with Gasteiger partial charge < -0.3 is 4.40 Å². The normalized spacial score (nSPS) is 14.6. The first-order valence-electron chi connectivity index (χ1n) is 6.37. The van der Waals surface area contributed by atoms with Gasteiger partial charge in [-0.25, -0.2) is 4.98 Å². The standard InChI is InChI=1S/C14H15N3O2/c1-8-7-9(2)17-6-5-11(12(17)15-8)14(19)16-13(18)10-3-4-10/h5-7,10H,3-4H2,1-2H3,(H,16,18,19). The van der Waals surface area contributed by atoms with E-state index >= 15 is 0 Å². The molecule has 19 heavy (non-hydrogen) atoms. The van der Waals surface area contributed by atoms with Gasteiger partial charge in [0.25, 0.3) is 5.91 Å². The lowest BCUT2D eigenvalue weighted by Gasteiger charge is -2.04. The second-order valence-corrected chi connectivity index (χ2v) is 5.05. The molecule has 0 atom stereocenters. The minimum atomic E-state index is -0.364. The van der Waals surface area contributed by atoms with Gasteiger partial charge in [-0.15, -0.1) is 0 Å². The molecule has 1 aliphatic rings. The SMILES string of the molecule is Cc1cc(C)n2ccc(C(=O)NC(=O)C3CC3)c2n1. The lowest BCUT2D eigenvalue weighted by Crippen LogP contribution is -2.31. The Kier molecular flexibility index (Phi) is 2.62. The molecule has 1 fully saturated rings. The number of aryl methyl sites for hydroxylation is 2. The molecule has 0 saturated heterocycles. The fourth-order valence-electron chi connectivity index (χ4n) is 2.20. The fourth-order valence-corrected chi connectivity index (χ4v) is 2.20. The number of hydrogen-bond donors (Lipinski definition) is 1. The molecular weight excluding hydrogens is 242 g/mol. The maximum Gasteiger partial charge on any atom is 0.261 e. The van der Waals surface area contributed by atoms with Gasteiger partial charge in [0.2, 0.25) is 5.91 Å². The number of nitrogens with zero attached hydrogens (tertiary/aromatic N) is 2. The van der Waals surface area contributed by atoms with Crippen molar-refractivity contribution in [2.75, 3.05) is 0 Å². The van der Waals surface area contributed by atoms with Crippen LogP contribution in [0.5, 0.6) is 0 Å². The third-order valence-electron chi connectivity index (χ3n) is 3.37. The van der Waals surface area contributed by atoms with Gasteiger partial charge in [0.1, 0.15) is 5.65 Å². The zero-order valence-electron chi connectivity index (χ0n) is 10.9.